The first-order chi connectivity index (χ1) is 11.5. The maximum absolute atomic E-state index is 12.5. The van der Waals surface area contributed by atoms with Crippen LogP contribution in [0.25, 0.3) is 0 Å². The van der Waals surface area contributed by atoms with Crippen molar-refractivity contribution in [1.29, 1.82) is 0 Å². The molecule has 0 aromatic carbocycles. The summed E-state index contributed by atoms with van der Waals surface area (Å²) in [6.07, 6.45) is 5.18. The fourth-order valence-corrected chi connectivity index (χ4v) is 3.01. The van der Waals surface area contributed by atoms with Crippen LogP contribution in [-0.2, 0) is 9.53 Å². The van der Waals surface area contributed by atoms with Crippen LogP contribution in [0.4, 0.5) is 4.79 Å². The number of carbonyl (C=O) groups is 2. The Bertz CT molecular complexity index is 392. The fraction of sp³-hybridized carbons (Fsp3) is 0.882. The summed E-state index contributed by atoms with van der Waals surface area (Å²) in [7, 11) is 1.75. The summed E-state index contributed by atoms with van der Waals surface area (Å²) in [5.41, 5.74) is 0. The van der Waals surface area contributed by atoms with Crippen molar-refractivity contribution in [2.45, 2.75) is 58.1 Å². The Labute approximate surface area is 145 Å². The first-order valence-electron chi connectivity index (χ1n) is 9.03. The van der Waals surface area contributed by atoms with Gasteiger partial charge in [-0.25, -0.2) is 4.79 Å². The van der Waals surface area contributed by atoms with Gasteiger partial charge in [0.05, 0.1) is 19.3 Å². The number of carboxylic acids is 1. The number of hydrogen-bond acceptors (Lipinski definition) is 4. The van der Waals surface area contributed by atoms with Gasteiger partial charge in [-0.1, -0.05) is 33.1 Å². The maximum atomic E-state index is 12.5. The minimum absolute atomic E-state index is 0.0261. The van der Waals surface area contributed by atoms with E-state index in [1.54, 1.807) is 16.8 Å². The number of carboxylic acid groups (broad SMARTS) is 1. The zero-order valence-corrected chi connectivity index (χ0v) is 15.3. The second-order valence-electron chi connectivity index (χ2n) is 6.61. The Morgan fingerprint density at radius 2 is 2.08 bits per heavy atom. The van der Waals surface area contributed by atoms with E-state index in [4.69, 9.17) is 9.84 Å². The van der Waals surface area contributed by atoms with Crippen LogP contribution in [0, 0.1) is 0 Å². The van der Waals surface area contributed by atoms with Gasteiger partial charge in [-0.15, -0.1) is 0 Å². The van der Waals surface area contributed by atoms with E-state index in [1.165, 1.54) is 0 Å². The maximum Gasteiger partial charge on any atom is 0.317 e. The van der Waals surface area contributed by atoms with E-state index in [9.17, 15) is 9.59 Å². The topological polar surface area (TPSA) is 82.1 Å². The lowest BCUT2D eigenvalue weighted by Crippen LogP contribution is -2.54. The van der Waals surface area contributed by atoms with E-state index >= 15 is 0 Å². The van der Waals surface area contributed by atoms with E-state index in [1.807, 2.05) is 0 Å². The molecule has 0 aromatic rings. The number of aliphatic carboxylic acids is 1. The van der Waals surface area contributed by atoms with Crippen LogP contribution in [0.15, 0.2) is 0 Å². The Balaban J connectivity index is 2.46. The third kappa shape index (κ3) is 7.97. The molecule has 1 fully saturated rings. The number of morpholine rings is 1. The Hall–Kier alpha value is -1.34. The lowest BCUT2D eigenvalue weighted by molar-refractivity contribution is -0.138. The largest absolute Gasteiger partial charge is 0.480 e. The van der Waals surface area contributed by atoms with Gasteiger partial charge in [0.25, 0.3) is 0 Å². The number of likely N-dealkylation sites (N-methyl/N-ethyl adjacent to an activating group) is 1. The molecule has 1 aliphatic heterocycles. The molecule has 2 atom stereocenters. The molecule has 0 spiro atoms. The molecule has 0 saturated carbocycles. The number of rotatable bonds is 10. The molecule has 0 radical (unpaired) electrons. The molecule has 7 heteroatoms. The van der Waals surface area contributed by atoms with E-state index in [0.717, 1.165) is 32.1 Å². The molecule has 2 unspecified atom stereocenters. The summed E-state index contributed by atoms with van der Waals surface area (Å²) >= 11 is 0. The minimum atomic E-state index is -0.860. The smallest absolute Gasteiger partial charge is 0.317 e. The SMILES string of the molecule is CCCCC(CCC)NC(=O)N1CCOC(CN(C)CC(=O)O)C1. The summed E-state index contributed by atoms with van der Waals surface area (Å²) in [6.45, 7) is 6.34. The molecular weight excluding hydrogens is 310 g/mol. The highest BCUT2D eigenvalue weighted by molar-refractivity contribution is 5.74. The van der Waals surface area contributed by atoms with Crippen LogP contribution < -0.4 is 5.32 Å². The van der Waals surface area contributed by atoms with Crippen molar-refractivity contribution in [2.24, 2.45) is 0 Å². The summed E-state index contributed by atoms with van der Waals surface area (Å²) < 4.78 is 5.67. The second-order valence-corrected chi connectivity index (χ2v) is 6.61. The van der Waals surface area contributed by atoms with Gasteiger partial charge in [0, 0.05) is 25.7 Å². The molecule has 2 N–H and O–H groups in total. The molecule has 1 saturated heterocycles. The van der Waals surface area contributed by atoms with E-state index in [-0.39, 0.29) is 24.7 Å². The second kappa shape index (κ2) is 11.3. The summed E-state index contributed by atoms with van der Waals surface area (Å²) in [4.78, 5) is 26.7. The van der Waals surface area contributed by atoms with E-state index in [2.05, 4.69) is 19.2 Å². The number of urea groups is 1. The van der Waals surface area contributed by atoms with E-state index in [0.29, 0.717) is 26.2 Å². The van der Waals surface area contributed by atoms with Crippen molar-refractivity contribution in [2.75, 3.05) is 39.8 Å². The Morgan fingerprint density at radius 3 is 2.71 bits per heavy atom. The Kier molecular flexibility index (Phi) is 9.71. The molecule has 1 rings (SSSR count). The average Bonchev–Trinajstić information content (AvgIpc) is 2.52. The van der Waals surface area contributed by atoms with Gasteiger partial charge in [-0.05, 0) is 19.9 Å². The molecule has 24 heavy (non-hydrogen) atoms. The lowest BCUT2D eigenvalue weighted by Gasteiger charge is -2.35. The molecule has 0 aliphatic carbocycles. The molecule has 1 heterocycles. The predicted molar refractivity (Wildman–Crippen MR) is 93.2 cm³/mol. The van der Waals surface area contributed by atoms with Gasteiger partial charge < -0.3 is 20.1 Å². The highest BCUT2D eigenvalue weighted by atomic mass is 16.5. The molecule has 7 nitrogen and oxygen atoms in total. The average molecular weight is 343 g/mol. The van der Waals surface area contributed by atoms with Crippen LogP contribution in [0.5, 0.6) is 0 Å². The zero-order chi connectivity index (χ0) is 17.9. The number of ether oxygens (including phenoxy) is 1. The van der Waals surface area contributed by atoms with Crippen LogP contribution in [0.1, 0.15) is 46.0 Å². The molecule has 140 valence electrons. The molecule has 0 aromatic heterocycles. The number of nitrogens with one attached hydrogen (secondary N) is 1. The minimum Gasteiger partial charge on any atom is -0.480 e. The summed E-state index contributed by atoms with van der Waals surface area (Å²) in [6, 6.07) is 0.206. The van der Waals surface area contributed by atoms with Gasteiger partial charge in [0.15, 0.2) is 0 Å². The first-order valence-corrected chi connectivity index (χ1v) is 9.03. The van der Waals surface area contributed by atoms with Gasteiger partial charge in [0.2, 0.25) is 0 Å². The van der Waals surface area contributed by atoms with Crippen molar-refractivity contribution in [1.82, 2.24) is 15.1 Å². The molecular formula is C17H33N3O4. The van der Waals surface area contributed by atoms with Crippen molar-refractivity contribution >= 4 is 12.0 Å². The summed E-state index contributed by atoms with van der Waals surface area (Å²) in [5, 5.41) is 12.0. The van der Waals surface area contributed by atoms with Crippen LogP contribution in [0.3, 0.4) is 0 Å². The monoisotopic (exact) mass is 343 g/mol. The van der Waals surface area contributed by atoms with Crippen LogP contribution in [0.2, 0.25) is 0 Å². The van der Waals surface area contributed by atoms with Crippen molar-refractivity contribution in [3.8, 4) is 0 Å². The van der Waals surface area contributed by atoms with E-state index < -0.39 is 5.97 Å². The number of carbonyl (C=O) groups excluding carboxylic acids is 1. The number of hydrogen-bond donors (Lipinski definition) is 2. The van der Waals surface area contributed by atoms with Crippen molar-refractivity contribution in [3.63, 3.8) is 0 Å². The summed E-state index contributed by atoms with van der Waals surface area (Å²) in [5.74, 6) is -0.860. The number of unbranched alkanes of at least 4 members (excludes halogenated alkanes) is 1. The number of amides is 2. The third-order valence-electron chi connectivity index (χ3n) is 4.22. The zero-order valence-electron chi connectivity index (χ0n) is 15.3. The van der Waals surface area contributed by atoms with Gasteiger partial charge in [-0.2, -0.15) is 0 Å². The highest BCUT2D eigenvalue weighted by Gasteiger charge is 2.26. The third-order valence-corrected chi connectivity index (χ3v) is 4.22. The molecule has 0 bridgehead atoms. The Morgan fingerprint density at radius 1 is 1.33 bits per heavy atom. The number of nitrogens with zero attached hydrogens (tertiary/aromatic N) is 2. The van der Waals surface area contributed by atoms with Crippen LogP contribution in [-0.4, -0.2) is 78.9 Å². The van der Waals surface area contributed by atoms with Gasteiger partial charge >= 0.3 is 12.0 Å². The lowest BCUT2D eigenvalue weighted by atomic mass is 10.1. The quantitative estimate of drug-likeness (QED) is 0.632. The standard InChI is InChI=1S/C17H33N3O4/c1-4-6-8-14(7-5-2)18-17(23)20-9-10-24-15(12-20)11-19(3)13-16(21)22/h14-15H,4-13H2,1-3H3,(H,18,23)(H,21,22). The van der Waals surface area contributed by atoms with Gasteiger partial charge in [-0.3, -0.25) is 9.69 Å². The van der Waals surface area contributed by atoms with Crippen molar-refractivity contribution < 1.29 is 19.4 Å². The van der Waals surface area contributed by atoms with Crippen LogP contribution >= 0.6 is 0 Å². The fourth-order valence-electron chi connectivity index (χ4n) is 3.01. The van der Waals surface area contributed by atoms with Gasteiger partial charge in [0.1, 0.15) is 0 Å². The molecule has 2 amide bonds. The first kappa shape index (κ1) is 20.7. The normalized spacial score (nSPS) is 19.3. The molecule has 1 aliphatic rings. The highest BCUT2D eigenvalue weighted by Crippen LogP contribution is 2.10. The predicted octanol–water partition coefficient (Wildman–Crippen LogP) is 1.77. The van der Waals surface area contributed by atoms with Crippen molar-refractivity contribution in [3.05, 3.63) is 0 Å².